The topological polar surface area (TPSA) is 61.8 Å². The molecule has 0 radical (unpaired) electrons. The third kappa shape index (κ3) is 8.39. The number of benzene rings is 2. The first-order valence-corrected chi connectivity index (χ1v) is 12.6. The van der Waals surface area contributed by atoms with Crippen molar-refractivity contribution in [2.75, 3.05) is 14.2 Å². The Kier molecular flexibility index (Phi) is 10.0. The van der Waals surface area contributed by atoms with E-state index in [2.05, 4.69) is 0 Å². The van der Waals surface area contributed by atoms with Crippen LogP contribution in [0, 0.1) is 18.8 Å². The predicted molar refractivity (Wildman–Crippen MR) is 139 cm³/mol. The van der Waals surface area contributed by atoms with E-state index < -0.39 is 0 Å². The Labute approximate surface area is 208 Å². The van der Waals surface area contributed by atoms with Crippen LogP contribution in [-0.4, -0.2) is 30.7 Å². The maximum absolute atomic E-state index is 12.8. The Morgan fingerprint density at radius 1 is 0.941 bits per heavy atom. The molecule has 0 amide bonds. The van der Waals surface area contributed by atoms with Gasteiger partial charge < -0.3 is 14.2 Å². The lowest BCUT2D eigenvalue weighted by Crippen LogP contribution is -2.23. The summed E-state index contributed by atoms with van der Waals surface area (Å²) in [5.41, 5.74) is 2.81. The summed E-state index contributed by atoms with van der Waals surface area (Å²) in [6, 6.07) is 11.6. The molecule has 0 aliphatic carbocycles. The van der Waals surface area contributed by atoms with Crippen molar-refractivity contribution in [1.29, 1.82) is 0 Å². The number of rotatable bonds is 11. The van der Waals surface area contributed by atoms with Gasteiger partial charge in [0, 0.05) is 35.6 Å². The first-order valence-electron chi connectivity index (χ1n) is 11.6. The van der Waals surface area contributed by atoms with Crippen LogP contribution in [0.1, 0.15) is 57.7 Å². The fourth-order valence-electron chi connectivity index (χ4n) is 3.62. The number of aryl methyl sites for hydroxylation is 1. The van der Waals surface area contributed by atoms with Gasteiger partial charge in [-0.2, -0.15) is 0 Å². The molecule has 2 atom stereocenters. The molecule has 0 bridgehead atoms. The first kappa shape index (κ1) is 27.8. The van der Waals surface area contributed by atoms with Crippen molar-refractivity contribution in [2.24, 2.45) is 11.8 Å². The van der Waals surface area contributed by atoms with Crippen LogP contribution in [0.3, 0.4) is 0 Å². The summed E-state index contributed by atoms with van der Waals surface area (Å²) in [5.74, 6) is 2.34. The van der Waals surface area contributed by atoms with Crippen molar-refractivity contribution in [3.8, 4) is 17.2 Å². The van der Waals surface area contributed by atoms with Gasteiger partial charge in [0.25, 0.3) is 0 Å². The van der Waals surface area contributed by atoms with E-state index in [1.807, 2.05) is 77.9 Å². The Hall–Kier alpha value is -2.47. The third-order valence-corrected chi connectivity index (χ3v) is 6.69. The maximum Gasteiger partial charge on any atom is 0.192 e. The SMILES string of the molecule is COc1cc(C)c(CSC(=O)[C@H](C)CC(=O)[C@@H](C)Cc2ccc(OC(C)(C)C)cc2)c(OC)c1. The molecular weight excluding hydrogens is 448 g/mol. The highest BCUT2D eigenvalue weighted by Crippen LogP contribution is 2.32. The molecular formula is C28H38O5S. The van der Waals surface area contributed by atoms with Crippen LogP contribution in [-0.2, 0) is 21.8 Å². The number of methoxy groups -OCH3 is 2. The first-order chi connectivity index (χ1) is 15.9. The van der Waals surface area contributed by atoms with Gasteiger partial charge in [0.1, 0.15) is 28.6 Å². The fraction of sp³-hybridized carbons (Fsp3) is 0.500. The fourth-order valence-corrected chi connectivity index (χ4v) is 4.65. The number of hydrogen-bond acceptors (Lipinski definition) is 6. The molecule has 2 rings (SSSR count). The van der Waals surface area contributed by atoms with Gasteiger partial charge in [0.2, 0.25) is 0 Å². The van der Waals surface area contributed by atoms with Gasteiger partial charge in [-0.25, -0.2) is 0 Å². The minimum absolute atomic E-state index is 0.0153. The number of hydrogen-bond donors (Lipinski definition) is 0. The molecule has 2 aromatic carbocycles. The van der Waals surface area contributed by atoms with Crippen LogP contribution in [0.2, 0.25) is 0 Å². The van der Waals surface area contributed by atoms with Gasteiger partial charge in [-0.1, -0.05) is 37.7 Å². The monoisotopic (exact) mass is 486 g/mol. The average molecular weight is 487 g/mol. The van der Waals surface area contributed by atoms with E-state index in [-0.39, 0.29) is 34.8 Å². The van der Waals surface area contributed by atoms with Crippen molar-refractivity contribution in [3.63, 3.8) is 0 Å². The summed E-state index contributed by atoms with van der Waals surface area (Å²) in [5, 5.41) is 0.0153. The molecule has 2 aromatic rings. The van der Waals surface area contributed by atoms with E-state index in [0.717, 1.165) is 28.2 Å². The number of carbonyl (C=O) groups excluding carboxylic acids is 2. The summed E-state index contributed by atoms with van der Waals surface area (Å²) in [6.07, 6.45) is 0.891. The van der Waals surface area contributed by atoms with E-state index in [9.17, 15) is 9.59 Å². The summed E-state index contributed by atoms with van der Waals surface area (Å²) in [7, 11) is 3.22. The molecule has 0 N–H and O–H groups in total. The lowest BCUT2D eigenvalue weighted by molar-refractivity contribution is -0.126. The largest absolute Gasteiger partial charge is 0.497 e. The van der Waals surface area contributed by atoms with E-state index in [1.165, 1.54) is 11.8 Å². The third-order valence-electron chi connectivity index (χ3n) is 5.57. The lowest BCUT2D eigenvalue weighted by atomic mass is 9.92. The van der Waals surface area contributed by atoms with Crippen LogP contribution in [0.5, 0.6) is 17.2 Å². The number of Topliss-reactive ketones (excluding diaryl/α,β-unsaturated/α-hetero) is 1. The Bertz CT molecular complexity index is 976. The van der Waals surface area contributed by atoms with Gasteiger partial charge in [-0.05, 0) is 63.4 Å². The van der Waals surface area contributed by atoms with Crippen LogP contribution < -0.4 is 14.2 Å². The number of ketones is 1. The highest BCUT2D eigenvalue weighted by Gasteiger charge is 2.22. The molecule has 0 aliphatic rings. The van der Waals surface area contributed by atoms with Crippen molar-refractivity contribution in [3.05, 3.63) is 53.1 Å². The average Bonchev–Trinajstić information content (AvgIpc) is 2.77. The number of ether oxygens (including phenoxy) is 3. The summed E-state index contributed by atoms with van der Waals surface area (Å²) < 4.78 is 16.6. The lowest BCUT2D eigenvalue weighted by Gasteiger charge is -2.21. The van der Waals surface area contributed by atoms with Crippen LogP contribution >= 0.6 is 11.8 Å². The van der Waals surface area contributed by atoms with Crippen molar-refractivity contribution in [1.82, 2.24) is 0 Å². The molecule has 0 heterocycles. The Balaban J connectivity index is 1.89. The Morgan fingerprint density at radius 2 is 1.59 bits per heavy atom. The smallest absolute Gasteiger partial charge is 0.192 e. The highest BCUT2D eigenvalue weighted by molar-refractivity contribution is 8.13. The summed E-state index contributed by atoms with van der Waals surface area (Å²) in [6.45, 7) is 11.8. The van der Waals surface area contributed by atoms with Crippen LogP contribution in [0.25, 0.3) is 0 Å². The molecule has 5 nitrogen and oxygen atoms in total. The van der Waals surface area contributed by atoms with Gasteiger partial charge in [-0.15, -0.1) is 0 Å². The molecule has 0 saturated carbocycles. The van der Waals surface area contributed by atoms with E-state index in [1.54, 1.807) is 14.2 Å². The molecule has 0 fully saturated rings. The zero-order valence-corrected chi connectivity index (χ0v) is 22.5. The van der Waals surface area contributed by atoms with Gasteiger partial charge in [0.15, 0.2) is 5.12 Å². The molecule has 0 aromatic heterocycles. The van der Waals surface area contributed by atoms with Crippen LogP contribution in [0.15, 0.2) is 36.4 Å². The predicted octanol–water partition coefficient (Wildman–Crippen LogP) is 6.42. The van der Waals surface area contributed by atoms with Gasteiger partial charge in [-0.3, -0.25) is 9.59 Å². The van der Waals surface area contributed by atoms with Crippen molar-refractivity contribution < 1.29 is 23.8 Å². The molecule has 186 valence electrons. The second-order valence-corrected chi connectivity index (χ2v) is 10.7. The minimum Gasteiger partial charge on any atom is -0.497 e. The van der Waals surface area contributed by atoms with Gasteiger partial charge >= 0.3 is 0 Å². The summed E-state index contributed by atoms with van der Waals surface area (Å²) >= 11 is 1.23. The van der Waals surface area contributed by atoms with E-state index in [4.69, 9.17) is 14.2 Å². The molecule has 0 saturated heterocycles. The number of carbonyl (C=O) groups is 2. The standard InChI is InChI=1S/C28H38O5S/c1-18-14-23(31-7)16-26(32-8)24(18)17-34-27(30)20(3)15-25(29)19(2)13-21-9-11-22(12-10-21)33-28(4,5)6/h9-12,14,16,19-20H,13,15,17H2,1-8H3/t19-,20+/m0/s1. The zero-order chi connectivity index (χ0) is 25.5. The molecule has 0 aliphatic heterocycles. The van der Waals surface area contributed by atoms with Crippen molar-refractivity contribution >= 4 is 22.7 Å². The van der Waals surface area contributed by atoms with E-state index >= 15 is 0 Å². The highest BCUT2D eigenvalue weighted by atomic mass is 32.2. The van der Waals surface area contributed by atoms with Crippen LogP contribution in [0.4, 0.5) is 0 Å². The van der Waals surface area contributed by atoms with Gasteiger partial charge in [0.05, 0.1) is 14.2 Å². The number of thioether (sulfide) groups is 1. The maximum atomic E-state index is 12.8. The summed E-state index contributed by atoms with van der Waals surface area (Å²) in [4.78, 5) is 25.5. The van der Waals surface area contributed by atoms with Crippen molar-refractivity contribution in [2.45, 2.75) is 65.7 Å². The second-order valence-electron chi connectivity index (χ2n) is 9.77. The normalized spacial score (nSPS) is 13.2. The second kappa shape index (κ2) is 12.3. The molecule has 0 spiro atoms. The van der Waals surface area contributed by atoms with E-state index in [0.29, 0.717) is 17.9 Å². The quantitative estimate of drug-likeness (QED) is 0.365. The minimum atomic E-state index is -0.341. The Morgan fingerprint density at radius 3 is 2.15 bits per heavy atom. The zero-order valence-electron chi connectivity index (χ0n) is 21.7. The molecule has 34 heavy (non-hydrogen) atoms. The molecule has 0 unspecified atom stereocenters. The molecule has 6 heteroatoms.